The molecule has 2 aliphatic rings. The summed E-state index contributed by atoms with van der Waals surface area (Å²) in [7, 11) is 1.63. The smallest absolute Gasteiger partial charge is 0.314 e. The molecule has 8 nitrogen and oxygen atoms in total. The fourth-order valence-electron chi connectivity index (χ4n) is 3.86. The summed E-state index contributed by atoms with van der Waals surface area (Å²) in [6.07, 6.45) is 5.79. The van der Waals surface area contributed by atoms with Gasteiger partial charge in [-0.3, -0.25) is 0 Å². The van der Waals surface area contributed by atoms with Gasteiger partial charge in [-0.25, -0.2) is 18.7 Å². The molecule has 0 bridgehead atoms. The summed E-state index contributed by atoms with van der Waals surface area (Å²) < 4.78 is 20.2. The number of methoxy groups -OCH3 is 1. The van der Waals surface area contributed by atoms with Crippen LogP contribution >= 0.6 is 11.6 Å². The fourth-order valence-corrected chi connectivity index (χ4v) is 4.11. The predicted molar refractivity (Wildman–Crippen MR) is 116 cm³/mol. The van der Waals surface area contributed by atoms with Crippen molar-refractivity contribution in [2.24, 2.45) is 5.73 Å². The number of halogens is 2. The Morgan fingerprint density at radius 3 is 2.84 bits per heavy atom. The van der Waals surface area contributed by atoms with E-state index in [0.29, 0.717) is 18.1 Å². The average Bonchev–Trinajstić information content (AvgIpc) is 3.38. The summed E-state index contributed by atoms with van der Waals surface area (Å²) in [5.41, 5.74) is 6.57. The van der Waals surface area contributed by atoms with Gasteiger partial charge in [-0.1, -0.05) is 11.6 Å². The van der Waals surface area contributed by atoms with Crippen molar-refractivity contribution in [1.82, 2.24) is 19.5 Å². The molecule has 164 valence electrons. The average molecular weight is 447 g/mol. The van der Waals surface area contributed by atoms with Crippen molar-refractivity contribution in [3.8, 4) is 0 Å². The molecule has 1 aromatic carbocycles. The van der Waals surface area contributed by atoms with Crippen LogP contribution in [0.4, 0.5) is 15.0 Å². The first-order valence-electron chi connectivity index (χ1n) is 10.1. The number of amides is 2. The Morgan fingerprint density at radius 2 is 2.10 bits per heavy atom. The molecule has 5 rings (SSSR count). The van der Waals surface area contributed by atoms with Gasteiger partial charge in [0.1, 0.15) is 11.6 Å². The van der Waals surface area contributed by atoms with E-state index in [-0.39, 0.29) is 24.0 Å². The summed E-state index contributed by atoms with van der Waals surface area (Å²) in [6.45, 7) is 2.17. The Kier molecular flexibility index (Phi) is 6.24. The van der Waals surface area contributed by atoms with Crippen LogP contribution in [0.15, 0.2) is 42.7 Å². The summed E-state index contributed by atoms with van der Waals surface area (Å²) in [5, 5.41) is 4.75. The van der Waals surface area contributed by atoms with Crippen LogP contribution in [0.25, 0.3) is 5.65 Å². The Morgan fingerprint density at radius 1 is 1.29 bits per heavy atom. The lowest BCUT2D eigenvalue weighted by molar-refractivity contribution is -0.00567. The zero-order chi connectivity index (χ0) is 22.0. The van der Waals surface area contributed by atoms with Crippen LogP contribution in [0, 0.1) is 5.82 Å². The number of primary amides is 1. The first kappa shape index (κ1) is 21.3. The second-order valence-corrected chi connectivity index (χ2v) is 7.95. The Bertz CT molecular complexity index is 1070. The van der Waals surface area contributed by atoms with Crippen LogP contribution in [0.2, 0.25) is 5.02 Å². The number of nitrogens with zero attached hydrogens (tertiary/aromatic N) is 5. The number of carbonyl (C=O) groups is 1. The number of fused-ring (bicyclic) bond motifs is 1. The van der Waals surface area contributed by atoms with Crippen LogP contribution in [0.5, 0.6) is 0 Å². The second-order valence-electron chi connectivity index (χ2n) is 7.54. The van der Waals surface area contributed by atoms with Crippen molar-refractivity contribution in [2.45, 2.75) is 25.0 Å². The maximum atomic E-state index is 13.6. The number of anilines is 1. The van der Waals surface area contributed by atoms with Gasteiger partial charge in [0, 0.05) is 30.9 Å². The number of nitrogens with two attached hydrogens (primary N) is 1. The quantitative estimate of drug-likeness (QED) is 0.667. The highest BCUT2D eigenvalue weighted by Gasteiger charge is 2.29. The minimum atomic E-state index is -0.358. The first-order valence-corrected chi connectivity index (χ1v) is 10.4. The third-order valence-corrected chi connectivity index (χ3v) is 5.94. The number of ether oxygens (including phenoxy) is 1. The topological polar surface area (TPSA) is 89.0 Å². The number of benzene rings is 1. The molecule has 31 heavy (non-hydrogen) atoms. The molecule has 2 amide bonds. The zero-order valence-electron chi connectivity index (χ0n) is 17.1. The maximum Gasteiger partial charge on any atom is 0.314 e. The number of urea groups is 1. The van der Waals surface area contributed by atoms with E-state index in [1.54, 1.807) is 23.9 Å². The van der Waals surface area contributed by atoms with Crippen LogP contribution in [-0.4, -0.2) is 58.4 Å². The molecule has 10 heteroatoms. The van der Waals surface area contributed by atoms with Gasteiger partial charge < -0.3 is 20.3 Å². The molecule has 2 aromatic heterocycles. The first-order chi connectivity index (χ1) is 15.0. The van der Waals surface area contributed by atoms with Crippen LogP contribution in [0.3, 0.4) is 0 Å². The third-order valence-electron chi connectivity index (χ3n) is 5.60. The molecule has 1 unspecified atom stereocenters. The van der Waals surface area contributed by atoms with E-state index in [0.717, 1.165) is 36.4 Å². The molecule has 0 radical (unpaired) electrons. The number of carbonyl (C=O) groups excluding carboxylic acids is 1. The minimum Gasteiger partial charge on any atom is -0.378 e. The van der Waals surface area contributed by atoms with Crippen LogP contribution in [0.1, 0.15) is 24.4 Å². The lowest BCUT2D eigenvalue weighted by Crippen LogP contribution is -2.56. The number of hydrogen-bond donors (Lipinski definition) is 1. The van der Waals surface area contributed by atoms with E-state index in [1.807, 2.05) is 18.3 Å². The molecular weight excluding hydrogens is 423 g/mol. The molecular formula is C21H24ClFN6O2. The molecule has 4 heterocycles. The lowest BCUT2D eigenvalue weighted by Gasteiger charge is -2.36. The molecule has 2 N–H and O–H groups in total. The molecule has 0 saturated carbocycles. The number of likely N-dealkylation sites (tertiary alicyclic amines) is 1. The number of aromatic nitrogens is 3. The fraction of sp³-hybridized carbons (Fsp3) is 0.381. The zero-order valence-corrected chi connectivity index (χ0v) is 17.9. The molecule has 2 fully saturated rings. The van der Waals surface area contributed by atoms with Crippen LogP contribution < -0.4 is 10.6 Å². The van der Waals surface area contributed by atoms with Gasteiger partial charge in [-0.05, 0) is 42.7 Å². The van der Waals surface area contributed by atoms with E-state index in [4.69, 9.17) is 22.1 Å². The highest BCUT2D eigenvalue weighted by Crippen LogP contribution is 2.38. The SMILES string of the molecule is COC1CN(C(N)=O)C1.Fc1ccc(Cl)c(C2CCCN2c2ccn3nccc3n2)c1. The van der Waals surface area contributed by atoms with E-state index in [9.17, 15) is 9.18 Å². The van der Waals surface area contributed by atoms with Gasteiger partial charge in [0.15, 0.2) is 5.65 Å². The third kappa shape index (κ3) is 4.57. The summed E-state index contributed by atoms with van der Waals surface area (Å²) in [6, 6.07) is 8.04. The van der Waals surface area contributed by atoms with Gasteiger partial charge in [0.05, 0.1) is 31.4 Å². The second kappa shape index (κ2) is 9.07. The van der Waals surface area contributed by atoms with Gasteiger partial charge in [0.25, 0.3) is 0 Å². The number of rotatable bonds is 3. The molecule has 2 aliphatic heterocycles. The van der Waals surface area contributed by atoms with Crippen molar-refractivity contribution >= 4 is 29.1 Å². The molecule has 2 saturated heterocycles. The van der Waals surface area contributed by atoms with Gasteiger partial charge in [0.2, 0.25) is 0 Å². The molecule has 0 aliphatic carbocycles. The molecule has 0 spiro atoms. The standard InChI is InChI=1S/C16H14ClFN4.C5H10N2O2/c17-13-4-3-11(18)10-12(13)14-2-1-8-21(14)15-6-9-22-16(20-15)5-7-19-22;1-9-4-2-7(3-4)5(6)8/h3-7,9-10,14H,1-2,8H2;4H,2-3H2,1H3,(H2,6,8). The maximum absolute atomic E-state index is 13.6. The van der Waals surface area contributed by atoms with Crippen molar-refractivity contribution in [3.63, 3.8) is 0 Å². The van der Waals surface area contributed by atoms with Crippen molar-refractivity contribution in [1.29, 1.82) is 0 Å². The van der Waals surface area contributed by atoms with Crippen molar-refractivity contribution in [3.05, 3.63) is 59.1 Å². The lowest BCUT2D eigenvalue weighted by atomic mass is 10.0. The van der Waals surface area contributed by atoms with Gasteiger partial charge >= 0.3 is 6.03 Å². The van der Waals surface area contributed by atoms with Gasteiger partial charge in [-0.15, -0.1) is 0 Å². The molecule has 3 aromatic rings. The van der Waals surface area contributed by atoms with E-state index >= 15 is 0 Å². The predicted octanol–water partition coefficient (Wildman–Crippen LogP) is 3.26. The van der Waals surface area contributed by atoms with Crippen LogP contribution in [-0.2, 0) is 4.74 Å². The Labute approximate surface area is 184 Å². The van der Waals surface area contributed by atoms with E-state index < -0.39 is 0 Å². The summed E-state index contributed by atoms with van der Waals surface area (Å²) >= 11 is 6.28. The minimum absolute atomic E-state index is 0.0565. The summed E-state index contributed by atoms with van der Waals surface area (Å²) in [4.78, 5) is 18.7. The van der Waals surface area contributed by atoms with Crippen molar-refractivity contribution in [2.75, 3.05) is 31.6 Å². The monoisotopic (exact) mass is 446 g/mol. The van der Waals surface area contributed by atoms with E-state index in [2.05, 4.69) is 15.0 Å². The molecule has 1 atom stereocenters. The van der Waals surface area contributed by atoms with Crippen molar-refractivity contribution < 1.29 is 13.9 Å². The van der Waals surface area contributed by atoms with Gasteiger partial charge in [-0.2, -0.15) is 5.10 Å². The summed E-state index contributed by atoms with van der Waals surface area (Å²) in [5.74, 6) is 0.612. The largest absolute Gasteiger partial charge is 0.378 e. The number of hydrogen-bond acceptors (Lipinski definition) is 5. The highest BCUT2D eigenvalue weighted by molar-refractivity contribution is 6.31. The Hall–Kier alpha value is -2.91. The van der Waals surface area contributed by atoms with E-state index in [1.165, 1.54) is 17.0 Å². The normalized spacial score (nSPS) is 18.6. The highest BCUT2D eigenvalue weighted by atomic mass is 35.5. The Balaban J connectivity index is 0.000000217.